The van der Waals surface area contributed by atoms with E-state index in [0.29, 0.717) is 0 Å². The Morgan fingerprint density at radius 1 is 0.652 bits per heavy atom. The van der Waals surface area contributed by atoms with Crippen LogP contribution in [0.3, 0.4) is 0 Å². The van der Waals surface area contributed by atoms with Crippen LogP contribution in [0.1, 0.15) is 17.5 Å². The number of hydrogen-bond donors (Lipinski definition) is 0. The van der Waals surface area contributed by atoms with E-state index >= 15 is 0 Å². The zero-order valence-electron chi connectivity index (χ0n) is 13.6. The lowest BCUT2D eigenvalue weighted by molar-refractivity contribution is 1.00. The third-order valence-corrected chi connectivity index (χ3v) is 4.19. The van der Waals surface area contributed by atoms with E-state index in [9.17, 15) is 0 Å². The molecule has 0 spiro atoms. The van der Waals surface area contributed by atoms with Crippen LogP contribution in [0.15, 0.2) is 85.5 Å². The van der Waals surface area contributed by atoms with E-state index in [1.54, 1.807) is 0 Å². The maximum atomic E-state index is 3.78. The Balaban J connectivity index is 1.79. The minimum atomic E-state index is 1.03. The van der Waals surface area contributed by atoms with Crippen molar-refractivity contribution in [2.24, 2.45) is 0 Å². The molecule has 0 heteroatoms. The van der Waals surface area contributed by atoms with Crippen LogP contribution in [0.25, 0.3) is 22.3 Å². The lowest BCUT2D eigenvalue weighted by atomic mass is 9.98. The molecular weight excluding hydrogens is 276 g/mol. The zero-order chi connectivity index (χ0) is 16.1. The number of aryl methyl sites for hydroxylation is 2. The number of benzene rings is 3. The summed E-state index contributed by atoms with van der Waals surface area (Å²) in [5.41, 5.74) is 7.71. The van der Waals surface area contributed by atoms with E-state index in [1.807, 2.05) is 6.08 Å². The highest BCUT2D eigenvalue weighted by Gasteiger charge is 2.01. The monoisotopic (exact) mass is 298 g/mol. The van der Waals surface area contributed by atoms with Gasteiger partial charge in [0.25, 0.3) is 0 Å². The molecule has 0 atom stereocenters. The predicted molar refractivity (Wildman–Crippen MR) is 101 cm³/mol. The van der Waals surface area contributed by atoms with Gasteiger partial charge in [-0.3, -0.25) is 0 Å². The zero-order valence-corrected chi connectivity index (χ0v) is 13.6. The van der Waals surface area contributed by atoms with Crippen LogP contribution in [0.2, 0.25) is 0 Å². The van der Waals surface area contributed by atoms with Gasteiger partial charge in [-0.1, -0.05) is 84.4 Å². The molecule has 0 heterocycles. The van der Waals surface area contributed by atoms with Gasteiger partial charge in [0.1, 0.15) is 0 Å². The van der Waals surface area contributed by atoms with Gasteiger partial charge in [0, 0.05) is 0 Å². The van der Waals surface area contributed by atoms with Crippen LogP contribution in [-0.2, 0) is 6.42 Å². The molecule has 0 aromatic heterocycles. The van der Waals surface area contributed by atoms with Crippen molar-refractivity contribution >= 4 is 0 Å². The third kappa shape index (κ3) is 3.78. The van der Waals surface area contributed by atoms with Gasteiger partial charge < -0.3 is 0 Å². The molecular formula is C23H22. The van der Waals surface area contributed by atoms with Crippen molar-refractivity contribution in [2.45, 2.75) is 19.8 Å². The van der Waals surface area contributed by atoms with Gasteiger partial charge in [0.15, 0.2) is 0 Å². The van der Waals surface area contributed by atoms with Crippen molar-refractivity contribution in [1.82, 2.24) is 0 Å². The van der Waals surface area contributed by atoms with Crippen molar-refractivity contribution in [3.05, 3.63) is 96.6 Å². The summed E-state index contributed by atoms with van der Waals surface area (Å²) < 4.78 is 0. The van der Waals surface area contributed by atoms with Crippen LogP contribution < -0.4 is 0 Å². The smallest absolute Gasteiger partial charge is 0.0184 e. The van der Waals surface area contributed by atoms with E-state index in [-0.39, 0.29) is 0 Å². The summed E-state index contributed by atoms with van der Waals surface area (Å²) in [6.07, 6.45) is 4.07. The highest BCUT2D eigenvalue weighted by Crippen LogP contribution is 2.25. The first-order valence-electron chi connectivity index (χ1n) is 8.13. The second kappa shape index (κ2) is 7.11. The molecule has 23 heavy (non-hydrogen) atoms. The van der Waals surface area contributed by atoms with E-state index in [1.165, 1.54) is 33.4 Å². The molecule has 114 valence electrons. The first-order valence-corrected chi connectivity index (χ1v) is 8.13. The highest BCUT2D eigenvalue weighted by atomic mass is 14.1. The Labute approximate surface area is 139 Å². The maximum Gasteiger partial charge on any atom is -0.0184 e. The molecule has 0 N–H and O–H groups in total. The fraction of sp³-hybridized carbons (Fsp3) is 0.130. The standard InChI is InChI=1S/C23H22/c1-3-4-5-19-8-12-21(13-9-19)23-16-14-22(15-17-23)20-10-6-18(2)7-11-20/h3,6-17H,1,4-5H2,2H3. The first-order chi connectivity index (χ1) is 11.3. The van der Waals surface area contributed by atoms with Crippen LogP contribution in [0.5, 0.6) is 0 Å². The molecule has 0 amide bonds. The molecule has 0 aliphatic heterocycles. The number of hydrogen-bond acceptors (Lipinski definition) is 0. The molecule has 0 unspecified atom stereocenters. The van der Waals surface area contributed by atoms with Gasteiger partial charge in [-0.05, 0) is 47.6 Å². The van der Waals surface area contributed by atoms with Crippen LogP contribution in [0, 0.1) is 6.92 Å². The largest absolute Gasteiger partial charge is 0.103 e. The lowest BCUT2D eigenvalue weighted by Crippen LogP contribution is -1.84. The number of rotatable bonds is 5. The van der Waals surface area contributed by atoms with Crippen LogP contribution >= 0.6 is 0 Å². The summed E-state index contributed by atoms with van der Waals surface area (Å²) in [7, 11) is 0. The van der Waals surface area contributed by atoms with E-state index in [2.05, 4.69) is 86.3 Å². The van der Waals surface area contributed by atoms with Crippen molar-refractivity contribution in [2.75, 3.05) is 0 Å². The Morgan fingerprint density at radius 3 is 1.48 bits per heavy atom. The second-order valence-corrected chi connectivity index (χ2v) is 5.97. The van der Waals surface area contributed by atoms with Crippen molar-refractivity contribution in [3.63, 3.8) is 0 Å². The molecule has 3 aromatic rings. The van der Waals surface area contributed by atoms with Crippen molar-refractivity contribution in [1.29, 1.82) is 0 Å². The van der Waals surface area contributed by atoms with E-state index in [4.69, 9.17) is 0 Å². The lowest BCUT2D eigenvalue weighted by Gasteiger charge is -2.06. The normalized spacial score (nSPS) is 10.5. The Bertz CT molecular complexity index is 760. The average Bonchev–Trinajstić information content (AvgIpc) is 2.61. The molecule has 0 aliphatic rings. The minimum Gasteiger partial charge on any atom is -0.103 e. The highest BCUT2D eigenvalue weighted by molar-refractivity contribution is 5.70. The Hall–Kier alpha value is -2.60. The molecule has 0 saturated heterocycles. The van der Waals surface area contributed by atoms with Gasteiger partial charge in [-0.25, -0.2) is 0 Å². The summed E-state index contributed by atoms with van der Waals surface area (Å²) >= 11 is 0. The summed E-state index contributed by atoms with van der Waals surface area (Å²) in [5.74, 6) is 0. The van der Waals surface area contributed by atoms with Gasteiger partial charge in [0.05, 0.1) is 0 Å². The second-order valence-electron chi connectivity index (χ2n) is 5.97. The van der Waals surface area contributed by atoms with E-state index in [0.717, 1.165) is 12.8 Å². The SMILES string of the molecule is C=CCCc1ccc(-c2ccc(-c3ccc(C)cc3)cc2)cc1. The van der Waals surface area contributed by atoms with Crippen LogP contribution in [0.4, 0.5) is 0 Å². The third-order valence-electron chi connectivity index (χ3n) is 4.19. The van der Waals surface area contributed by atoms with Gasteiger partial charge in [-0.2, -0.15) is 0 Å². The predicted octanol–water partition coefficient (Wildman–Crippen LogP) is 6.45. The van der Waals surface area contributed by atoms with Gasteiger partial charge in [-0.15, -0.1) is 6.58 Å². The molecule has 0 fully saturated rings. The molecule has 3 aromatic carbocycles. The minimum absolute atomic E-state index is 1.03. The first kappa shape index (κ1) is 15.3. The maximum absolute atomic E-state index is 3.78. The van der Waals surface area contributed by atoms with Crippen molar-refractivity contribution in [3.8, 4) is 22.3 Å². The number of allylic oxidation sites excluding steroid dienone is 1. The summed E-state index contributed by atoms with van der Waals surface area (Å²) in [5, 5.41) is 0. The van der Waals surface area contributed by atoms with Gasteiger partial charge in [0.2, 0.25) is 0 Å². The molecule has 0 nitrogen and oxygen atoms in total. The Morgan fingerprint density at radius 2 is 1.04 bits per heavy atom. The molecule has 0 aliphatic carbocycles. The van der Waals surface area contributed by atoms with Crippen LogP contribution in [-0.4, -0.2) is 0 Å². The topological polar surface area (TPSA) is 0 Å². The quantitative estimate of drug-likeness (QED) is 0.475. The van der Waals surface area contributed by atoms with E-state index < -0.39 is 0 Å². The average molecular weight is 298 g/mol. The summed E-state index contributed by atoms with van der Waals surface area (Å²) in [6, 6.07) is 26.3. The molecule has 3 rings (SSSR count). The van der Waals surface area contributed by atoms with Crippen molar-refractivity contribution < 1.29 is 0 Å². The Kier molecular flexibility index (Phi) is 4.73. The van der Waals surface area contributed by atoms with Gasteiger partial charge >= 0.3 is 0 Å². The summed E-state index contributed by atoms with van der Waals surface area (Å²) in [6.45, 7) is 5.90. The summed E-state index contributed by atoms with van der Waals surface area (Å²) in [4.78, 5) is 0. The molecule has 0 saturated carbocycles. The fourth-order valence-electron chi connectivity index (χ4n) is 2.73. The molecule has 0 bridgehead atoms. The molecule has 0 radical (unpaired) electrons. The fourth-order valence-corrected chi connectivity index (χ4v) is 2.73.